The summed E-state index contributed by atoms with van der Waals surface area (Å²) in [5, 5.41) is 4.78. The van der Waals surface area contributed by atoms with E-state index in [1.165, 1.54) is 0 Å². The van der Waals surface area contributed by atoms with E-state index in [0.29, 0.717) is 13.0 Å². The Morgan fingerprint density at radius 3 is 2.24 bits per heavy atom. The van der Waals surface area contributed by atoms with E-state index in [2.05, 4.69) is 17.2 Å². The van der Waals surface area contributed by atoms with E-state index in [0.717, 1.165) is 6.08 Å². The highest BCUT2D eigenvalue weighted by Crippen LogP contribution is 1.94. The first-order valence-electron chi connectivity index (χ1n) is 6.58. The summed E-state index contributed by atoms with van der Waals surface area (Å²) in [7, 11) is 0. The molecule has 0 aliphatic rings. The molecule has 0 aliphatic carbocycles. The van der Waals surface area contributed by atoms with Gasteiger partial charge in [0.15, 0.2) is 0 Å². The lowest BCUT2D eigenvalue weighted by molar-refractivity contribution is -0.143. The Kier molecular flexibility index (Phi) is 9.40. The van der Waals surface area contributed by atoms with Crippen molar-refractivity contribution in [3.63, 3.8) is 0 Å². The molecule has 2 atom stereocenters. The van der Waals surface area contributed by atoms with Gasteiger partial charge in [-0.15, -0.1) is 0 Å². The average Bonchev–Trinajstić information content (AvgIpc) is 2.42. The van der Waals surface area contributed by atoms with Gasteiger partial charge in [0.1, 0.15) is 18.9 Å². The maximum absolute atomic E-state index is 11.4. The standard InChI is InChI=1S/C13H22N2O6/c1-5-7-19-12(17)14-10(4)15-13(18)20-8-9(3)21-11(16)6-2/h6,9-10H,2,5,7-8H2,1,3-4H3,(H,14,17)(H,15,18). The summed E-state index contributed by atoms with van der Waals surface area (Å²) >= 11 is 0. The fraction of sp³-hybridized carbons (Fsp3) is 0.615. The van der Waals surface area contributed by atoms with Crippen LogP contribution in [0, 0.1) is 0 Å². The number of amides is 2. The number of carbonyl (C=O) groups is 3. The molecule has 0 aromatic carbocycles. The smallest absolute Gasteiger partial charge is 0.408 e. The molecule has 2 N–H and O–H groups in total. The van der Waals surface area contributed by atoms with Crippen molar-refractivity contribution < 1.29 is 28.6 Å². The van der Waals surface area contributed by atoms with Crippen LogP contribution in [-0.4, -0.2) is 43.6 Å². The van der Waals surface area contributed by atoms with Gasteiger partial charge in [-0.2, -0.15) is 0 Å². The molecular weight excluding hydrogens is 280 g/mol. The summed E-state index contributed by atoms with van der Waals surface area (Å²) in [6.07, 6.45) is -0.909. The van der Waals surface area contributed by atoms with Crippen molar-refractivity contribution in [2.75, 3.05) is 13.2 Å². The topological polar surface area (TPSA) is 103 Å². The summed E-state index contributed by atoms with van der Waals surface area (Å²) in [5.74, 6) is -0.597. The minimum atomic E-state index is -0.750. The molecule has 0 bridgehead atoms. The van der Waals surface area contributed by atoms with E-state index in [1.807, 2.05) is 6.92 Å². The zero-order valence-corrected chi connectivity index (χ0v) is 12.5. The van der Waals surface area contributed by atoms with E-state index < -0.39 is 30.4 Å². The summed E-state index contributed by atoms with van der Waals surface area (Å²) in [6, 6.07) is 0. The SMILES string of the molecule is C=CC(=O)OC(C)COC(=O)NC(C)NC(=O)OCCC. The molecule has 0 saturated carbocycles. The summed E-state index contributed by atoms with van der Waals surface area (Å²) in [5.41, 5.74) is 0. The van der Waals surface area contributed by atoms with E-state index in [1.54, 1.807) is 13.8 Å². The largest absolute Gasteiger partial charge is 0.456 e. The van der Waals surface area contributed by atoms with Crippen LogP contribution in [0.15, 0.2) is 12.7 Å². The molecule has 0 radical (unpaired) electrons. The van der Waals surface area contributed by atoms with Crippen LogP contribution in [0.1, 0.15) is 27.2 Å². The maximum Gasteiger partial charge on any atom is 0.408 e. The van der Waals surface area contributed by atoms with Gasteiger partial charge in [-0.25, -0.2) is 14.4 Å². The predicted octanol–water partition coefficient (Wildman–Crippen LogP) is 1.31. The molecule has 8 nitrogen and oxygen atoms in total. The number of hydrogen-bond donors (Lipinski definition) is 2. The maximum atomic E-state index is 11.4. The highest BCUT2D eigenvalue weighted by molar-refractivity contribution is 5.81. The summed E-state index contributed by atoms with van der Waals surface area (Å²) in [4.78, 5) is 33.5. The fourth-order valence-corrected chi connectivity index (χ4v) is 1.14. The monoisotopic (exact) mass is 302 g/mol. The molecule has 2 amide bonds. The van der Waals surface area contributed by atoms with Crippen molar-refractivity contribution in [2.45, 2.75) is 39.5 Å². The van der Waals surface area contributed by atoms with Crippen LogP contribution in [-0.2, 0) is 19.0 Å². The second-order valence-electron chi connectivity index (χ2n) is 4.20. The lowest BCUT2D eigenvalue weighted by atomic mass is 10.4. The number of esters is 1. The van der Waals surface area contributed by atoms with Crippen LogP contribution in [0.4, 0.5) is 9.59 Å². The quantitative estimate of drug-likeness (QED) is 0.303. The number of ether oxygens (including phenoxy) is 3. The lowest BCUT2D eigenvalue weighted by Crippen LogP contribution is -2.46. The molecule has 2 unspecified atom stereocenters. The third-order valence-electron chi connectivity index (χ3n) is 2.04. The van der Waals surface area contributed by atoms with Gasteiger partial charge in [0.25, 0.3) is 0 Å². The molecule has 0 aromatic heterocycles. The van der Waals surface area contributed by atoms with Crippen molar-refractivity contribution >= 4 is 18.2 Å². The molecule has 0 aliphatic heterocycles. The number of hydrogen-bond acceptors (Lipinski definition) is 6. The Hall–Kier alpha value is -2.25. The summed E-state index contributed by atoms with van der Waals surface area (Å²) in [6.45, 7) is 8.43. The van der Waals surface area contributed by atoms with Gasteiger partial charge in [0.05, 0.1) is 6.61 Å². The minimum Gasteiger partial charge on any atom is -0.456 e. The first-order chi connectivity index (χ1) is 9.88. The highest BCUT2D eigenvalue weighted by atomic mass is 16.6. The Labute approximate surface area is 123 Å². The predicted molar refractivity (Wildman–Crippen MR) is 74.5 cm³/mol. The molecule has 0 saturated heterocycles. The Balaban J connectivity index is 3.89. The van der Waals surface area contributed by atoms with Crippen molar-refractivity contribution in [1.82, 2.24) is 10.6 Å². The zero-order chi connectivity index (χ0) is 16.3. The fourth-order valence-electron chi connectivity index (χ4n) is 1.14. The van der Waals surface area contributed by atoms with Gasteiger partial charge in [-0.05, 0) is 20.3 Å². The average molecular weight is 302 g/mol. The van der Waals surface area contributed by atoms with Crippen molar-refractivity contribution in [3.8, 4) is 0 Å². The van der Waals surface area contributed by atoms with Crippen LogP contribution in [0.25, 0.3) is 0 Å². The van der Waals surface area contributed by atoms with Gasteiger partial charge in [-0.1, -0.05) is 13.5 Å². The molecule has 8 heteroatoms. The van der Waals surface area contributed by atoms with E-state index in [9.17, 15) is 14.4 Å². The zero-order valence-electron chi connectivity index (χ0n) is 12.5. The molecule has 0 rings (SSSR count). The van der Waals surface area contributed by atoms with E-state index in [-0.39, 0.29) is 6.61 Å². The van der Waals surface area contributed by atoms with Crippen molar-refractivity contribution in [3.05, 3.63) is 12.7 Å². The Morgan fingerprint density at radius 1 is 1.14 bits per heavy atom. The lowest BCUT2D eigenvalue weighted by Gasteiger charge is -2.17. The van der Waals surface area contributed by atoms with Crippen LogP contribution in [0.5, 0.6) is 0 Å². The van der Waals surface area contributed by atoms with Gasteiger partial charge in [0, 0.05) is 6.08 Å². The molecule has 0 fully saturated rings. The highest BCUT2D eigenvalue weighted by Gasteiger charge is 2.14. The first kappa shape index (κ1) is 18.8. The van der Waals surface area contributed by atoms with Crippen LogP contribution in [0.3, 0.4) is 0 Å². The molecule has 21 heavy (non-hydrogen) atoms. The molecule has 0 spiro atoms. The van der Waals surface area contributed by atoms with Crippen LogP contribution >= 0.6 is 0 Å². The van der Waals surface area contributed by atoms with Gasteiger partial charge >= 0.3 is 18.2 Å². The van der Waals surface area contributed by atoms with Crippen molar-refractivity contribution in [1.29, 1.82) is 0 Å². The Morgan fingerprint density at radius 2 is 1.71 bits per heavy atom. The minimum absolute atomic E-state index is 0.113. The van der Waals surface area contributed by atoms with Gasteiger partial charge < -0.3 is 24.8 Å². The number of carbonyl (C=O) groups excluding carboxylic acids is 3. The second-order valence-corrected chi connectivity index (χ2v) is 4.20. The van der Waals surface area contributed by atoms with Gasteiger partial charge in [-0.3, -0.25) is 0 Å². The molecule has 0 aromatic rings. The Bertz CT molecular complexity index is 372. The van der Waals surface area contributed by atoms with Crippen molar-refractivity contribution in [2.24, 2.45) is 0 Å². The first-order valence-corrected chi connectivity index (χ1v) is 6.58. The molecular formula is C13H22N2O6. The summed E-state index contributed by atoms with van der Waals surface area (Å²) < 4.78 is 14.4. The third kappa shape index (κ3) is 10.2. The van der Waals surface area contributed by atoms with Crippen LogP contribution < -0.4 is 10.6 Å². The normalized spacial score (nSPS) is 12.5. The second kappa shape index (κ2) is 10.5. The number of nitrogens with one attached hydrogen (secondary N) is 2. The number of rotatable bonds is 8. The van der Waals surface area contributed by atoms with E-state index >= 15 is 0 Å². The van der Waals surface area contributed by atoms with Gasteiger partial charge in [0.2, 0.25) is 0 Å². The van der Waals surface area contributed by atoms with E-state index in [4.69, 9.17) is 14.2 Å². The third-order valence-corrected chi connectivity index (χ3v) is 2.04. The molecule has 120 valence electrons. The number of alkyl carbamates (subject to hydrolysis) is 2. The van der Waals surface area contributed by atoms with Crippen LogP contribution in [0.2, 0.25) is 0 Å². The molecule has 0 heterocycles.